The zero-order chi connectivity index (χ0) is 17.8. The largest absolute Gasteiger partial charge is 0.444 e. The van der Waals surface area contributed by atoms with Gasteiger partial charge in [0.2, 0.25) is 0 Å². The molecule has 0 saturated carbocycles. The third-order valence-corrected chi connectivity index (χ3v) is 3.43. The van der Waals surface area contributed by atoms with Crippen LogP contribution in [0.4, 0.5) is 4.79 Å². The van der Waals surface area contributed by atoms with Crippen LogP contribution in [-0.2, 0) is 9.47 Å². The van der Waals surface area contributed by atoms with Crippen LogP contribution in [0.1, 0.15) is 33.6 Å². The van der Waals surface area contributed by atoms with Crippen LogP contribution in [0.3, 0.4) is 0 Å². The standard InChI is InChI=1S/C14H27NO8/c1-13(2,3)23-12(20)15-6-4-5-14(21)11(19)10(18)9(17)8(7-16)22-14/h8-11,16-19,21H,4-7H2,1-3H3,(H,15,20)/t8-,9+,10+,11-,14+/m1/s1. The molecule has 6 N–H and O–H groups in total. The molecule has 1 saturated heterocycles. The molecule has 0 aromatic carbocycles. The van der Waals surface area contributed by atoms with Gasteiger partial charge in [-0.2, -0.15) is 0 Å². The van der Waals surface area contributed by atoms with E-state index in [-0.39, 0.29) is 19.4 Å². The maximum Gasteiger partial charge on any atom is 0.407 e. The Labute approximate surface area is 134 Å². The third-order valence-electron chi connectivity index (χ3n) is 3.43. The van der Waals surface area contributed by atoms with Crippen molar-refractivity contribution in [1.29, 1.82) is 0 Å². The zero-order valence-electron chi connectivity index (χ0n) is 13.6. The second-order valence-corrected chi connectivity index (χ2v) is 6.64. The van der Waals surface area contributed by atoms with Crippen LogP contribution in [0.15, 0.2) is 0 Å². The third kappa shape index (κ3) is 5.55. The van der Waals surface area contributed by atoms with Crippen molar-refractivity contribution in [2.75, 3.05) is 13.2 Å². The van der Waals surface area contributed by atoms with Gasteiger partial charge in [-0.25, -0.2) is 4.79 Å². The van der Waals surface area contributed by atoms with Gasteiger partial charge in [-0.3, -0.25) is 0 Å². The number of aliphatic hydroxyl groups excluding tert-OH is 4. The molecular formula is C14H27NO8. The lowest BCUT2D eigenvalue weighted by atomic mass is 9.90. The topological polar surface area (TPSA) is 149 Å². The molecule has 0 spiro atoms. The van der Waals surface area contributed by atoms with Gasteiger partial charge in [0.05, 0.1) is 6.61 Å². The van der Waals surface area contributed by atoms with Gasteiger partial charge in [0.25, 0.3) is 0 Å². The van der Waals surface area contributed by atoms with Gasteiger partial charge in [0, 0.05) is 13.0 Å². The van der Waals surface area contributed by atoms with Crippen LogP contribution >= 0.6 is 0 Å². The molecule has 136 valence electrons. The molecule has 1 rings (SSSR count). The Kier molecular flexibility index (Phi) is 6.75. The summed E-state index contributed by atoms with van der Waals surface area (Å²) in [7, 11) is 0. The number of carbonyl (C=O) groups is 1. The molecule has 9 heteroatoms. The Hall–Kier alpha value is -0.970. The molecule has 1 amide bonds. The minimum atomic E-state index is -2.12. The minimum Gasteiger partial charge on any atom is -0.444 e. The molecule has 0 radical (unpaired) electrons. The first-order valence-electron chi connectivity index (χ1n) is 7.52. The Morgan fingerprint density at radius 3 is 2.39 bits per heavy atom. The molecule has 0 unspecified atom stereocenters. The van der Waals surface area contributed by atoms with Gasteiger partial charge in [-0.15, -0.1) is 0 Å². The number of rotatable bonds is 5. The summed E-state index contributed by atoms with van der Waals surface area (Å²) in [6.07, 6.45) is -6.62. The van der Waals surface area contributed by atoms with Crippen LogP contribution in [-0.4, -0.2) is 80.6 Å². The summed E-state index contributed by atoms with van der Waals surface area (Å²) in [6, 6.07) is 0. The molecular weight excluding hydrogens is 310 g/mol. The lowest BCUT2D eigenvalue weighted by Crippen LogP contribution is -2.65. The second kappa shape index (κ2) is 7.73. The summed E-state index contributed by atoms with van der Waals surface area (Å²) in [5.74, 6) is -2.12. The molecule has 1 heterocycles. The summed E-state index contributed by atoms with van der Waals surface area (Å²) in [6.45, 7) is 4.70. The average Bonchev–Trinajstić information content (AvgIpc) is 2.44. The molecule has 23 heavy (non-hydrogen) atoms. The summed E-state index contributed by atoms with van der Waals surface area (Å²) in [4.78, 5) is 11.5. The van der Waals surface area contributed by atoms with Gasteiger partial charge in [0.15, 0.2) is 5.79 Å². The Morgan fingerprint density at radius 1 is 1.26 bits per heavy atom. The van der Waals surface area contributed by atoms with E-state index in [1.807, 2.05) is 0 Å². The molecule has 0 aliphatic carbocycles. The molecule has 0 aromatic heterocycles. The number of amides is 1. The number of carbonyl (C=O) groups excluding carboxylic acids is 1. The summed E-state index contributed by atoms with van der Waals surface area (Å²) in [5, 5.41) is 51.0. The molecule has 1 aliphatic heterocycles. The smallest absolute Gasteiger partial charge is 0.407 e. The van der Waals surface area contributed by atoms with Crippen molar-refractivity contribution in [3.8, 4) is 0 Å². The lowest BCUT2D eigenvalue weighted by Gasteiger charge is -2.45. The normalized spacial score (nSPS) is 35.0. The van der Waals surface area contributed by atoms with Crippen molar-refractivity contribution in [3.05, 3.63) is 0 Å². The van der Waals surface area contributed by atoms with Crippen LogP contribution in [0, 0.1) is 0 Å². The molecule has 1 aliphatic rings. The molecule has 1 fully saturated rings. The maximum absolute atomic E-state index is 11.5. The molecule has 0 bridgehead atoms. The molecule has 5 atom stereocenters. The van der Waals surface area contributed by atoms with E-state index in [1.54, 1.807) is 20.8 Å². The number of nitrogens with one attached hydrogen (secondary N) is 1. The number of hydrogen-bond acceptors (Lipinski definition) is 8. The van der Waals surface area contributed by atoms with Crippen molar-refractivity contribution in [2.24, 2.45) is 0 Å². The van der Waals surface area contributed by atoms with E-state index in [0.29, 0.717) is 0 Å². The van der Waals surface area contributed by atoms with E-state index in [0.717, 1.165) is 0 Å². The zero-order valence-corrected chi connectivity index (χ0v) is 13.6. The van der Waals surface area contributed by atoms with Crippen LogP contribution in [0.5, 0.6) is 0 Å². The van der Waals surface area contributed by atoms with E-state index >= 15 is 0 Å². The van der Waals surface area contributed by atoms with Gasteiger partial charge >= 0.3 is 6.09 Å². The molecule has 9 nitrogen and oxygen atoms in total. The highest BCUT2D eigenvalue weighted by Crippen LogP contribution is 2.31. The van der Waals surface area contributed by atoms with Crippen molar-refractivity contribution in [1.82, 2.24) is 5.32 Å². The summed E-state index contributed by atoms with van der Waals surface area (Å²) < 4.78 is 10.1. The number of alkyl carbamates (subject to hydrolysis) is 1. The van der Waals surface area contributed by atoms with Crippen molar-refractivity contribution in [3.63, 3.8) is 0 Å². The van der Waals surface area contributed by atoms with Crippen LogP contribution in [0.25, 0.3) is 0 Å². The van der Waals surface area contributed by atoms with Crippen molar-refractivity contribution >= 4 is 6.09 Å². The van der Waals surface area contributed by atoms with E-state index in [2.05, 4.69) is 5.32 Å². The monoisotopic (exact) mass is 337 g/mol. The maximum atomic E-state index is 11.5. The molecule has 0 aromatic rings. The van der Waals surface area contributed by atoms with Gasteiger partial charge in [-0.05, 0) is 27.2 Å². The number of aliphatic hydroxyl groups is 5. The Bertz CT molecular complexity index is 397. The fourth-order valence-electron chi connectivity index (χ4n) is 2.27. The summed E-state index contributed by atoms with van der Waals surface area (Å²) >= 11 is 0. The highest BCUT2D eigenvalue weighted by molar-refractivity contribution is 5.67. The van der Waals surface area contributed by atoms with Crippen molar-refractivity contribution in [2.45, 2.75) is 69.4 Å². The number of ether oxygens (including phenoxy) is 2. The predicted molar refractivity (Wildman–Crippen MR) is 78.4 cm³/mol. The Balaban J connectivity index is 2.47. The van der Waals surface area contributed by atoms with Crippen LogP contribution < -0.4 is 5.32 Å². The van der Waals surface area contributed by atoms with Gasteiger partial charge in [-0.1, -0.05) is 0 Å². The average molecular weight is 337 g/mol. The fourth-order valence-corrected chi connectivity index (χ4v) is 2.27. The summed E-state index contributed by atoms with van der Waals surface area (Å²) in [5.41, 5.74) is -0.625. The lowest BCUT2D eigenvalue weighted by molar-refractivity contribution is -0.351. The van der Waals surface area contributed by atoms with Gasteiger partial charge < -0.3 is 40.3 Å². The SMILES string of the molecule is CC(C)(C)OC(=O)NCCC[C@]1(O)O[C@H](CO)[C@H](O)[C@H](O)[C@H]1O. The second-order valence-electron chi connectivity index (χ2n) is 6.64. The van der Waals surface area contributed by atoms with Crippen LogP contribution in [0.2, 0.25) is 0 Å². The highest BCUT2D eigenvalue weighted by Gasteiger charge is 2.51. The van der Waals surface area contributed by atoms with E-state index in [1.165, 1.54) is 0 Å². The van der Waals surface area contributed by atoms with E-state index < -0.39 is 48.5 Å². The number of hydrogen-bond donors (Lipinski definition) is 6. The van der Waals surface area contributed by atoms with E-state index in [9.17, 15) is 25.2 Å². The highest BCUT2D eigenvalue weighted by atomic mass is 16.7. The quantitative estimate of drug-likeness (QED) is 0.330. The predicted octanol–water partition coefficient (Wildman–Crippen LogP) is -1.55. The van der Waals surface area contributed by atoms with Crippen molar-refractivity contribution < 1.29 is 39.8 Å². The first-order chi connectivity index (χ1) is 10.5. The first kappa shape index (κ1) is 20.1. The minimum absolute atomic E-state index is 0.121. The Morgan fingerprint density at radius 2 is 1.87 bits per heavy atom. The van der Waals surface area contributed by atoms with E-state index in [4.69, 9.17) is 14.6 Å². The fraction of sp³-hybridized carbons (Fsp3) is 0.929. The van der Waals surface area contributed by atoms with Gasteiger partial charge in [0.1, 0.15) is 30.0 Å². The first-order valence-corrected chi connectivity index (χ1v) is 7.52.